The van der Waals surface area contributed by atoms with E-state index in [1.807, 2.05) is 0 Å². The van der Waals surface area contributed by atoms with E-state index in [1.54, 1.807) is 6.92 Å². The van der Waals surface area contributed by atoms with Crippen LogP contribution in [0.1, 0.15) is 13.3 Å². The van der Waals surface area contributed by atoms with Crippen LogP contribution in [-0.4, -0.2) is 60.8 Å². The van der Waals surface area contributed by atoms with E-state index < -0.39 is 60.5 Å². The van der Waals surface area contributed by atoms with Crippen LogP contribution in [0.15, 0.2) is 18.2 Å². The summed E-state index contributed by atoms with van der Waals surface area (Å²) >= 11 is 5.85. The van der Waals surface area contributed by atoms with Gasteiger partial charge < -0.3 is 15.2 Å². The minimum absolute atomic E-state index is 0.139. The van der Waals surface area contributed by atoms with Crippen molar-refractivity contribution in [3.8, 4) is 0 Å². The average molecular weight is 575 g/mol. The van der Waals surface area contributed by atoms with Gasteiger partial charge in [0, 0.05) is 0 Å². The van der Waals surface area contributed by atoms with Crippen LogP contribution in [0, 0.1) is 0 Å². The number of nitrogens with one attached hydrogen (secondary N) is 3. The van der Waals surface area contributed by atoms with E-state index >= 15 is 0 Å². The van der Waals surface area contributed by atoms with Gasteiger partial charge in [-0.05, 0) is 24.6 Å². The second kappa shape index (κ2) is 9.97. The Bertz CT molecular complexity index is 1370. The van der Waals surface area contributed by atoms with Crippen molar-refractivity contribution in [1.82, 2.24) is 5.32 Å². The quantitative estimate of drug-likeness (QED) is 0.152. The Morgan fingerprint density at radius 2 is 1.69 bits per heavy atom. The molecule has 0 fully saturated rings. The molecule has 15 nitrogen and oxygen atoms in total. The van der Waals surface area contributed by atoms with Gasteiger partial charge in [-0.3, -0.25) is 18.5 Å². The molecule has 2 unspecified atom stereocenters. The third-order valence-electron chi connectivity index (χ3n) is 3.40. The zero-order valence-electron chi connectivity index (χ0n) is 15.4. The molecule has 1 aromatic rings. The van der Waals surface area contributed by atoms with E-state index in [9.17, 15) is 52.0 Å². The third kappa shape index (κ3) is 5.38. The molecule has 0 aliphatic carbocycles. The summed E-state index contributed by atoms with van der Waals surface area (Å²) in [5.41, 5.74) is -1.02. The molecule has 1 rings (SSSR count). The van der Waals surface area contributed by atoms with Crippen LogP contribution in [0.5, 0.6) is 0 Å². The van der Waals surface area contributed by atoms with E-state index in [1.165, 1.54) is 4.72 Å². The summed E-state index contributed by atoms with van der Waals surface area (Å²) in [4.78, 5) is 22.6. The fourth-order valence-electron chi connectivity index (χ4n) is 1.84. The second-order valence-electron chi connectivity index (χ2n) is 5.41. The van der Waals surface area contributed by atoms with Crippen LogP contribution in [0.2, 0.25) is 5.02 Å². The topological polar surface area (TPSA) is 247 Å². The minimum Gasteiger partial charge on any atom is -0.759 e. The molecule has 0 aliphatic heterocycles. The summed E-state index contributed by atoms with van der Waals surface area (Å²) in [7, 11) is -30.7. The number of carbonyl (C=O) groups is 2. The predicted octanol–water partition coefficient (Wildman–Crippen LogP) is -1.67. The Kier molecular flexibility index (Phi) is 8.78. The van der Waals surface area contributed by atoms with Crippen molar-refractivity contribution in [2.75, 3.05) is 10.0 Å². The summed E-state index contributed by atoms with van der Waals surface area (Å²) in [6, 6.07) is 1.49. The molecule has 0 aliphatic rings. The van der Waals surface area contributed by atoms with Gasteiger partial charge in [0.1, 0.15) is 6.04 Å². The SMILES string of the molecule is CCC(NC=O)C(=O)Nc1cc(NS(=O)(=O)S(=O)(=O)S(=O)(=O)S(=O)(=O)S(=O)[O-])ccc1Cl. The van der Waals surface area contributed by atoms with Crippen LogP contribution < -0.4 is 15.4 Å². The van der Waals surface area contributed by atoms with Gasteiger partial charge in [0.25, 0.3) is 0 Å². The van der Waals surface area contributed by atoms with Crippen molar-refractivity contribution in [3.05, 3.63) is 23.2 Å². The van der Waals surface area contributed by atoms with Gasteiger partial charge in [-0.1, -0.05) is 18.5 Å². The Morgan fingerprint density at radius 1 is 1.12 bits per heavy atom. The maximum atomic E-state index is 12.1. The first-order valence-electron chi connectivity index (χ1n) is 7.64. The van der Waals surface area contributed by atoms with Crippen LogP contribution in [0.25, 0.3) is 0 Å². The number of hydrogen-bond acceptors (Lipinski definition) is 12. The van der Waals surface area contributed by atoms with Crippen LogP contribution in [0.4, 0.5) is 11.4 Å². The number of anilines is 2. The smallest absolute Gasteiger partial charge is 0.390 e. The largest absolute Gasteiger partial charge is 0.759 e. The maximum Gasteiger partial charge on any atom is 0.390 e. The monoisotopic (exact) mass is 574 g/mol. The minimum atomic E-state index is -6.83. The van der Waals surface area contributed by atoms with E-state index in [2.05, 4.69) is 10.6 Å². The van der Waals surface area contributed by atoms with Crippen molar-refractivity contribution in [2.24, 2.45) is 0 Å². The fraction of sp³-hybridized carbons (Fsp3) is 0.273. The molecule has 2 atom stereocenters. The second-order valence-corrected chi connectivity index (χ2v) is 21.7. The number of hydrogen-bond donors (Lipinski definition) is 3. The average Bonchev–Trinajstić information content (AvgIpc) is 2.67. The Labute approximate surface area is 187 Å². The molecule has 32 heavy (non-hydrogen) atoms. The Hall–Kier alpha value is -1.84. The first-order chi connectivity index (χ1) is 14.5. The van der Waals surface area contributed by atoms with Gasteiger partial charge >= 0.3 is 32.8 Å². The number of rotatable bonds is 11. The van der Waals surface area contributed by atoms with Crippen molar-refractivity contribution >= 4 is 78.2 Å². The van der Waals surface area contributed by atoms with Crippen LogP contribution in [0.3, 0.4) is 0 Å². The molecule has 0 bridgehead atoms. The molecule has 0 saturated carbocycles. The molecule has 2 amide bonds. The van der Waals surface area contributed by atoms with Crippen LogP contribution >= 0.6 is 11.6 Å². The number of benzene rings is 1. The number of halogens is 1. The van der Waals surface area contributed by atoms with Gasteiger partial charge in [-0.2, -0.15) is 33.7 Å². The number of amides is 2. The molecular formula is C11H13ClN3O12S5-. The molecule has 0 aromatic heterocycles. The van der Waals surface area contributed by atoms with Crippen LogP contribution in [-0.2, 0) is 52.5 Å². The predicted molar refractivity (Wildman–Crippen MR) is 112 cm³/mol. The lowest BCUT2D eigenvalue weighted by Crippen LogP contribution is -2.39. The lowest BCUT2D eigenvalue weighted by Gasteiger charge is -2.16. The van der Waals surface area contributed by atoms with E-state index in [0.29, 0.717) is 0 Å². The molecule has 0 spiro atoms. The molecule has 0 heterocycles. The molecule has 0 saturated heterocycles. The highest BCUT2D eigenvalue weighted by molar-refractivity contribution is 9.24. The highest BCUT2D eigenvalue weighted by Crippen LogP contribution is 2.28. The van der Waals surface area contributed by atoms with E-state index in [0.717, 1.165) is 18.2 Å². The summed E-state index contributed by atoms with van der Waals surface area (Å²) in [5.74, 6) is -0.805. The highest BCUT2D eigenvalue weighted by Gasteiger charge is 2.52. The first kappa shape index (κ1) is 28.2. The van der Waals surface area contributed by atoms with Gasteiger partial charge in [0.05, 0.1) is 26.5 Å². The van der Waals surface area contributed by atoms with Gasteiger partial charge in [-0.25, -0.2) is 0 Å². The Morgan fingerprint density at radius 3 is 2.16 bits per heavy atom. The van der Waals surface area contributed by atoms with Gasteiger partial charge in [0.2, 0.25) is 12.3 Å². The first-order valence-corrected chi connectivity index (χ1v) is 17.1. The van der Waals surface area contributed by atoms with E-state index in [4.69, 9.17) is 11.6 Å². The van der Waals surface area contributed by atoms with Gasteiger partial charge in [0.15, 0.2) is 0 Å². The molecule has 0 radical (unpaired) electrons. The highest BCUT2D eigenvalue weighted by atomic mass is 35.5. The lowest BCUT2D eigenvalue weighted by atomic mass is 10.2. The summed E-state index contributed by atoms with van der Waals surface area (Å²) in [5, 5.41) is 4.20. The molecule has 3 N–H and O–H groups in total. The van der Waals surface area contributed by atoms with Crippen molar-refractivity contribution in [3.63, 3.8) is 0 Å². The van der Waals surface area contributed by atoms with Crippen molar-refractivity contribution in [1.29, 1.82) is 0 Å². The summed E-state index contributed by atoms with van der Waals surface area (Å²) in [6.07, 6.45) is 0.383. The summed E-state index contributed by atoms with van der Waals surface area (Å²) < 4.78 is 116. The molecule has 21 heteroatoms. The zero-order valence-corrected chi connectivity index (χ0v) is 20.3. The third-order valence-corrected chi connectivity index (χ3v) is 22.6. The molecular weight excluding hydrogens is 562 g/mol. The van der Waals surface area contributed by atoms with Gasteiger partial charge in [-0.15, -0.1) is 0 Å². The van der Waals surface area contributed by atoms with Crippen molar-refractivity contribution in [2.45, 2.75) is 19.4 Å². The van der Waals surface area contributed by atoms with E-state index in [-0.39, 0.29) is 23.5 Å². The Balaban J connectivity index is 3.38. The lowest BCUT2D eigenvalue weighted by molar-refractivity contribution is -0.121. The molecule has 1 aromatic carbocycles. The zero-order chi connectivity index (χ0) is 25.1. The normalized spacial score (nSPS) is 14.7. The number of carbonyl (C=O) groups excluding carboxylic acids is 2. The standard InChI is InChI=1S/C11H14ClN3O12S5/c1-2-9(13-6-16)11(17)14-10-5-7(3-4-8(10)12)15-29(20,21)31(24,25)32(26,27)30(22,23)28(18)19/h3-6,9,15H,2H2,1H3,(H,13,16)(H,14,17)(H,18,19)/p-1. The summed E-state index contributed by atoms with van der Waals surface area (Å²) in [6.45, 7) is 1.54. The molecule has 182 valence electrons. The fourth-order valence-corrected chi connectivity index (χ4v) is 18.8. The maximum absolute atomic E-state index is 12.1. The van der Waals surface area contributed by atoms with Crippen molar-refractivity contribution < 1.29 is 52.0 Å².